The molecule has 1 unspecified atom stereocenters. The smallest absolute Gasteiger partial charge is 0.307 e. The third kappa shape index (κ3) is 3.28. The number of rotatable bonds is 4. The first-order valence-electron chi connectivity index (χ1n) is 8.32. The Balaban J connectivity index is 1.37. The number of carbonyl (C=O) groups excluding carboxylic acids is 1. The zero-order valence-corrected chi connectivity index (χ0v) is 13.6. The summed E-state index contributed by atoms with van der Waals surface area (Å²) in [5, 5.41) is 0. The largest absolute Gasteiger partial charge is 0.489 e. The van der Waals surface area contributed by atoms with E-state index in [0.717, 1.165) is 26.1 Å². The van der Waals surface area contributed by atoms with Crippen LogP contribution in [-0.2, 0) is 4.74 Å². The molecule has 3 heterocycles. The minimum absolute atomic E-state index is 0.0148. The van der Waals surface area contributed by atoms with Crippen molar-refractivity contribution < 1.29 is 19.0 Å². The van der Waals surface area contributed by atoms with Crippen LogP contribution in [0.15, 0.2) is 41.3 Å². The average Bonchev–Trinajstić information content (AvgIpc) is 2.96. The Morgan fingerprint density at radius 3 is 2.64 bits per heavy atom. The summed E-state index contributed by atoms with van der Waals surface area (Å²) < 4.78 is 17.7. The first kappa shape index (κ1) is 15.8. The van der Waals surface area contributed by atoms with E-state index in [1.54, 1.807) is 0 Å². The number of fused-ring (bicyclic) bond motifs is 1. The molecule has 2 aromatic rings. The van der Waals surface area contributed by atoms with E-state index in [1.807, 2.05) is 12.1 Å². The van der Waals surface area contributed by atoms with Gasteiger partial charge in [0.05, 0.1) is 0 Å². The van der Waals surface area contributed by atoms with Gasteiger partial charge in [-0.15, -0.1) is 0 Å². The summed E-state index contributed by atoms with van der Waals surface area (Å²) in [4.78, 5) is 27.1. The van der Waals surface area contributed by atoms with E-state index in [4.69, 9.17) is 14.2 Å². The Hall–Kier alpha value is -2.67. The van der Waals surface area contributed by atoms with E-state index in [9.17, 15) is 9.59 Å². The lowest BCUT2D eigenvalue weighted by Crippen LogP contribution is -2.30. The SMILES string of the molecule is O=C1C(COc2ccc(C3CCOCC3)cc2)Oc2nc(=O)ccn21. The Morgan fingerprint density at radius 2 is 1.88 bits per heavy atom. The lowest BCUT2D eigenvalue weighted by Gasteiger charge is -2.22. The third-order valence-electron chi connectivity index (χ3n) is 4.51. The van der Waals surface area contributed by atoms with Crippen LogP contribution < -0.4 is 15.0 Å². The molecule has 0 saturated carbocycles. The Labute approximate surface area is 144 Å². The topological polar surface area (TPSA) is 79.7 Å². The number of aromatic nitrogens is 2. The molecule has 0 amide bonds. The zero-order valence-electron chi connectivity index (χ0n) is 13.6. The Bertz CT molecular complexity index is 824. The zero-order chi connectivity index (χ0) is 17.2. The highest BCUT2D eigenvalue weighted by Gasteiger charge is 2.33. The summed E-state index contributed by atoms with van der Waals surface area (Å²) in [5.74, 6) is 0.910. The van der Waals surface area contributed by atoms with E-state index in [2.05, 4.69) is 17.1 Å². The van der Waals surface area contributed by atoms with Crippen molar-refractivity contribution in [2.75, 3.05) is 19.8 Å². The molecule has 0 bridgehead atoms. The Kier molecular flexibility index (Phi) is 4.23. The third-order valence-corrected chi connectivity index (χ3v) is 4.51. The maximum absolute atomic E-state index is 12.2. The highest BCUT2D eigenvalue weighted by Crippen LogP contribution is 2.28. The quantitative estimate of drug-likeness (QED) is 0.840. The van der Waals surface area contributed by atoms with Gasteiger partial charge in [-0.2, -0.15) is 4.98 Å². The molecule has 1 aromatic heterocycles. The number of benzene rings is 1. The maximum Gasteiger partial charge on any atom is 0.307 e. The monoisotopic (exact) mass is 342 g/mol. The van der Waals surface area contributed by atoms with E-state index in [-0.39, 0.29) is 18.5 Å². The normalized spacial score (nSPS) is 20.2. The molecular weight excluding hydrogens is 324 g/mol. The van der Waals surface area contributed by atoms with Crippen LogP contribution in [0.2, 0.25) is 0 Å². The van der Waals surface area contributed by atoms with Gasteiger partial charge in [0.15, 0.2) is 0 Å². The molecule has 2 aliphatic rings. The van der Waals surface area contributed by atoms with E-state index in [1.165, 1.54) is 22.4 Å². The van der Waals surface area contributed by atoms with Crippen molar-refractivity contribution >= 4 is 5.91 Å². The summed E-state index contributed by atoms with van der Waals surface area (Å²) in [6, 6.07) is 9.15. The molecule has 130 valence electrons. The van der Waals surface area contributed by atoms with Gasteiger partial charge in [0.25, 0.3) is 11.5 Å². The highest BCUT2D eigenvalue weighted by atomic mass is 16.6. The molecule has 0 radical (unpaired) electrons. The number of ether oxygens (including phenoxy) is 3. The van der Waals surface area contributed by atoms with Crippen molar-refractivity contribution in [3.05, 3.63) is 52.4 Å². The molecule has 4 rings (SSSR count). The lowest BCUT2D eigenvalue weighted by atomic mass is 9.92. The van der Waals surface area contributed by atoms with Gasteiger partial charge in [-0.05, 0) is 36.5 Å². The molecule has 7 heteroatoms. The fourth-order valence-electron chi connectivity index (χ4n) is 3.12. The van der Waals surface area contributed by atoms with E-state index >= 15 is 0 Å². The molecule has 7 nitrogen and oxygen atoms in total. The summed E-state index contributed by atoms with van der Waals surface area (Å²) in [6.45, 7) is 1.68. The number of carbonyl (C=O) groups is 1. The molecule has 25 heavy (non-hydrogen) atoms. The van der Waals surface area contributed by atoms with E-state index in [0.29, 0.717) is 11.7 Å². The summed E-state index contributed by atoms with van der Waals surface area (Å²) in [7, 11) is 0. The average molecular weight is 342 g/mol. The molecule has 1 atom stereocenters. The van der Waals surface area contributed by atoms with Gasteiger partial charge in [0.2, 0.25) is 6.10 Å². The van der Waals surface area contributed by atoms with Gasteiger partial charge in [-0.1, -0.05) is 12.1 Å². The van der Waals surface area contributed by atoms with Crippen LogP contribution in [0.4, 0.5) is 0 Å². The van der Waals surface area contributed by atoms with Crippen LogP contribution in [-0.4, -0.2) is 41.4 Å². The van der Waals surface area contributed by atoms with Gasteiger partial charge in [0.1, 0.15) is 12.4 Å². The van der Waals surface area contributed by atoms with E-state index < -0.39 is 11.7 Å². The predicted molar refractivity (Wildman–Crippen MR) is 88.3 cm³/mol. The standard InChI is InChI=1S/C18H18N2O5/c21-16-5-8-20-17(22)15(25-18(20)19-16)11-24-14-3-1-12(2-4-14)13-6-9-23-10-7-13/h1-5,8,13,15H,6-7,9-11H2. The Morgan fingerprint density at radius 1 is 1.12 bits per heavy atom. The number of nitrogens with zero attached hydrogens (tertiary/aromatic N) is 2. The second-order valence-electron chi connectivity index (χ2n) is 6.13. The van der Waals surface area contributed by atoms with Gasteiger partial charge in [-0.3, -0.25) is 9.59 Å². The van der Waals surface area contributed by atoms with Crippen molar-refractivity contribution in [3.8, 4) is 11.8 Å². The number of hydrogen-bond donors (Lipinski definition) is 0. The maximum atomic E-state index is 12.2. The first-order chi connectivity index (χ1) is 12.2. The van der Waals surface area contributed by atoms with Crippen molar-refractivity contribution in [1.29, 1.82) is 0 Å². The van der Waals surface area contributed by atoms with Crippen LogP contribution in [0.25, 0.3) is 0 Å². The van der Waals surface area contributed by atoms with Gasteiger partial charge in [-0.25, -0.2) is 4.57 Å². The van der Waals surface area contributed by atoms with Crippen LogP contribution in [0, 0.1) is 0 Å². The fourth-order valence-corrected chi connectivity index (χ4v) is 3.12. The van der Waals surface area contributed by atoms with Crippen molar-refractivity contribution in [1.82, 2.24) is 9.55 Å². The molecule has 0 spiro atoms. The van der Waals surface area contributed by atoms with Crippen molar-refractivity contribution in [2.45, 2.75) is 24.9 Å². The van der Waals surface area contributed by atoms with Gasteiger partial charge >= 0.3 is 6.01 Å². The summed E-state index contributed by atoms with van der Waals surface area (Å²) >= 11 is 0. The highest BCUT2D eigenvalue weighted by molar-refractivity contribution is 5.86. The molecule has 0 aliphatic carbocycles. The van der Waals surface area contributed by atoms with Crippen molar-refractivity contribution in [2.24, 2.45) is 0 Å². The molecule has 0 N–H and O–H groups in total. The van der Waals surface area contributed by atoms with Gasteiger partial charge in [0, 0.05) is 25.5 Å². The molecule has 1 aromatic carbocycles. The lowest BCUT2D eigenvalue weighted by molar-refractivity contribution is 0.0726. The van der Waals surface area contributed by atoms with Crippen LogP contribution in [0.1, 0.15) is 29.1 Å². The minimum atomic E-state index is -0.801. The summed E-state index contributed by atoms with van der Waals surface area (Å²) in [5.41, 5.74) is 0.836. The minimum Gasteiger partial charge on any atom is -0.489 e. The second kappa shape index (κ2) is 6.68. The molecular formula is C18H18N2O5. The second-order valence-corrected chi connectivity index (χ2v) is 6.13. The molecule has 2 aliphatic heterocycles. The fraction of sp³-hybridized carbons (Fsp3) is 0.389. The van der Waals surface area contributed by atoms with Crippen LogP contribution in [0.3, 0.4) is 0 Å². The first-order valence-corrected chi connectivity index (χ1v) is 8.32. The molecule has 1 saturated heterocycles. The van der Waals surface area contributed by atoms with Crippen molar-refractivity contribution in [3.63, 3.8) is 0 Å². The van der Waals surface area contributed by atoms with Crippen LogP contribution in [0.5, 0.6) is 11.8 Å². The molecule has 1 fully saturated rings. The van der Waals surface area contributed by atoms with Crippen LogP contribution >= 0.6 is 0 Å². The van der Waals surface area contributed by atoms with Gasteiger partial charge < -0.3 is 14.2 Å². The summed E-state index contributed by atoms with van der Waals surface area (Å²) in [6.07, 6.45) is 2.64. The predicted octanol–water partition coefficient (Wildman–Crippen LogP) is 1.62. The number of hydrogen-bond acceptors (Lipinski definition) is 6.